The lowest BCUT2D eigenvalue weighted by Gasteiger charge is -2.13. The minimum atomic E-state index is 0. The lowest BCUT2D eigenvalue weighted by atomic mass is 10.2. The Hall–Kier alpha value is -2.77. The molecule has 0 aliphatic carbocycles. The number of halogens is 1. The topological polar surface area (TPSA) is 88.5 Å². The normalized spacial score (nSPS) is 10.2. The van der Waals surface area contributed by atoms with Crippen LogP contribution in [0.2, 0.25) is 0 Å². The van der Waals surface area contributed by atoms with Crippen molar-refractivity contribution >= 4 is 40.8 Å². The zero-order chi connectivity index (χ0) is 18.4. The lowest BCUT2D eigenvalue weighted by molar-refractivity contribution is 0.292. The SMILES string of the molecule is COc1cc(Nc2nc(NCCCO)c3ccccc3n2)cc(OC)c1.Cl. The number of fused-ring (bicyclic) bond motifs is 1. The maximum absolute atomic E-state index is 9.00. The maximum atomic E-state index is 9.00. The Morgan fingerprint density at radius 3 is 2.37 bits per heavy atom. The number of ether oxygens (including phenoxy) is 2. The van der Waals surface area contributed by atoms with Crippen LogP contribution >= 0.6 is 12.4 Å². The van der Waals surface area contributed by atoms with Gasteiger partial charge in [0.05, 0.1) is 19.7 Å². The molecule has 0 amide bonds. The van der Waals surface area contributed by atoms with Gasteiger partial charge >= 0.3 is 0 Å². The molecule has 1 heterocycles. The number of para-hydroxylation sites is 1. The van der Waals surface area contributed by atoms with Gasteiger partial charge in [-0.3, -0.25) is 0 Å². The first kappa shape index (κ1) is 20.5. The average molecular weight is 391 g/mol. The van der Waals surface area contributed by atoms with Gasteiger partial charge in [0.15, 0.2) is 0 Å². The van der Waals surface area contributed by atoms with Gasteiger partial charge in [0, 0.05) is 42.4 Å². The number of hydrogen-bond donors (Lipinski definition) is 3. The minimum absolute atomic E-state index is 0. The molecule has 0 saturated carbocycles. The molecule has 3 aromatic rings. The fourth-order valence-electron chi connectivity index (χ4n) is 2.56. The van der Waals surface area contributed by atoms with Crippen molar-refractivity contribution in [3.05, 3.63) is 42.5 Å². The Bertz CT molecular complexity index is 870. The quantitative estimate of drug-likeness (QED) is 0.506. The van der Waals surface area contributed by atoms with Gasteiger partial charge in [-0.15, -0.1) is 12.4 Å². The van der Waals surface area contributed by atoms with Gasteiger partial charge in [-0.1, -0.05) is 12.1 Å². The van der Waals surface area contributed by atoms with E-state index in [2.05, 4.69) is 20.6 Å². The van der Waals surface area contributed by atoms with E-state index in [4.69, 9.17) is 14.6 Å². The number of nitrogens with one attached hydrogen (secondary N) is 2. The summed E-state index contributed by atoms with van der Waals surface area (Å²) in [5.74, 6) is 2.54. The van der Waals surface area contributed by atoms with Gasteiger partial charge in [-0.25, -0.2) is 4.98 Å². The van der Waals surface area contributed by atoms with E-state index < -0.39 is 0 Å². The number of aliphatic hydroxyl groups is 1. The number of anilines is 3. The zero-order valence-electron chi connectivity index (χ0n) is 15.2. The fraction of sp³-hybridized carbons (Fsp3) is 0.263. The molecule has 8 heteroatoms. The van der Waals surface area contributed by atoms with Crippen molar-refractivity contribution < 1.29 is 14.6 Å². The summed E-state index contributed by atoms with van der Waals surface area (Å²) >= 11 is 0. The van der Waals surface area contributed by atoms with Gasteiger partial charge in [-0.2, -0.15) is 4.98 Å². The Morgan fingerprint density at radius 2 is 1.70 bits per heavy atom. The Balaban J connectivity index is 0.00000261. The van der Waals surface area contributed by atoms with Crippen LogP contribution in [0.25, 0.3) is 10.9 Å². The number of benzene rings is 2. The highest BCUT2D eigenvalue weighted by molar-refractivity contribution is 5.90. The van der Waals surface area contributed by atoms with Crippen molar-refractivity contribution in [1.82, 2.24) is 9.97 Å². The molecule has 27 heavy (non-hydrogen) atoms. The number of aromatic nitrogens is 2. The van der Waals surface area contributed by atoms with E-state index >= 15 is 0 Å². The smallest absolute Gasteiger partial charge is 0.229 e. The van der Waals surface area contributed by atoms with Gasteiger partial charge < -0.3 is 25.2 Å². The largest absolute Gasteiger partial charge is 0.497 e. The minimum Gasteiger partial charge on any atom is -0.497 e. The van der Waals surface area contributed by atoms with Crippen LogP contribution in [0.3, 0.4) is 0 Å². The van der Waals surface area contributed by atoms with E-state index in [1.807, 2.05) is 36.4 Å². The van der Waals surface area contributed by atoms with E-state index in [-0.39, 0.29) is 19.0 Å². The molecule has 0 atom stereocenters. The number of hydrogen-bond acceptors (Lipinski definition) is 7. The second-order valence-electron chi connectivity index (χ2n) is 5.64. The first-order valence-electron chi connectivity index (χ1n) is 8.35. The highest BCUT2D eigenvalue weighted by Crippen LogP contribution is 2.28. The molecule has 0 bridgehead atoms. The second kappa shape index (κ2) is 9.80. The molecule has 0 radical (unpaired) electrons. The average Bonchev–Trinajstić information content (AvgIpc) is 2.67. The highest BCUT2D eigenvalue weighted by atomic mass is 35.5. The van der Waals surface area contributed by atoms with Crippen molar-refractivity contribution in [2.24, 2.45) is 0 Å². The van der Waals surface area contributed by atoms with E-state index in [0.717, 1.165) is 22.4 Å². The molecule has 0 aliphatic rings. The Morgan fingerprint density at radius 1 is 1.00 bits per heavy atom. The summed E-state index contributed by atoms with van der Waals surface area (Å²) in [6.07, 6.45) is 0.647. The third-order valence-corrected chi connectivity index (χ3v) is 3.84. The molecular weight excluding hydrogens is 368 g/mol. The van der Waals surface area contributed by atoms with Crippen LogP contribution in [0, 0.1) is 0 Å². The van der Waals surface area contributed by atoms with Crippen molar-refractivity contribution in [3.63, 3.8) is 0 Å². The fourth-order valence-corrected chi connectivity index (χ4v) is 2.56. The zero-order valence-corrected chi connectivity index (χ0v) is 16.0. The summed E-state index contributed by atoms with van der Waals surface area (Å²) in [6.45, 7) is 0.759. The molecule has 144 valence electrons. The van der Waals surface area contributed by atoms with Gasteiger partial charge in [0.1, 0.15) is 17.3 Å². The maximum Gasteiger partial charge on any atom is 0.229 e. The summed E-state index contributed by atoms with van der Waals surface area (Å²) in [6, 6.07) is 13.3. The second-order valence-corrected chi connectivity index (χ2v) is 5.64. The van der Waals surface area contributed by atoms with E-state index in [1.54, 1.807) is 20.3 Å². The van der Waals surface area contributed by atoms with E-state index in [9.17, 15) is 0 Å². The lowest BCUT2D eigenvalue weighted by Crippen LogP contribution is -2.08. The molecule has 7 nitrogen and oxygen atoms in total. The molecule has 3 N–H and O–H groups in total. The summed E-state index contributed by atoms with van der Waals surface area (Å²) < 4.78 is 10.6. The summed E-state index contributed by atoms with van der Waals surface area (Å²) in [7, 11) is 3.21. The number of methoxy groups -OCH3 is 2. The Labute approximate surface area is 164 Å². The summed E-state index contributed by atoms with van der Waals surface area (Å²) in [5, 5.41) is 16.4. The Kier molecular flexibility index (Phi) is 7.45. The van der Waals surface area contributed by atoms with Crippen LogP contribution in [-0.2, 0) is 0 Å². The van der Waals surface area contributed by atoms with E-state index in [1.165, 1.54) is 0 Å². The highest BCUT2D eigenvalue weighted by Gasteiger charge is 2.09. The van der Waals surface area contributed by atoms with Crippen molar-refractivity contribution in [3.8, 4) is 11.5 Å². The first-order chi connectivity index (χ1) is 12.7. The molecule has 0 fully saturated rings. The van der Waals surface area contributed by atoms with Crippen molar-refractivity contribution in [1.29, 1.82) is 0 Å². The van der Waals surface area contributed by atoms with E-state index in [0.29, 0.717) is 30.4 Å². The molecule has 0 aliphatic heterocycles. The van der Waals surface area contributed by atoms with Crippen LogP contribution in [0.1, 0.15) is 6.42 Å². The predicted octanol–water partition coefficient (Wildman–Crippen LogP) is 3.61. The standard InChI is InChI=1S/C19H22N4O3.ClH/c1-25-14-10-13(11-15(12-14)26-2)21-19-22-17-7-4-3-6-16(17)18(23-19)20-8-5-9-24;/h3-4,6-7,10-12,24H,5,8-9H2,1-2H3,(H2,20,21,22,23);1H. The van der Waals surface area contributed by atoms with Crippen molar-refractivity contribution in [2.75, 3.05) is 38.0 Å². The number of rotatable bonds is 8. The molecule has 3 rings (SSSR count). The third-order valence-electron chi connectivity index (χ3n) is 3.84. The van der Waals surface area contributed by atoms with Crippen LogP contribution in [-0.4, -0.2) is 42.4 Å². The van der Waals surface area contributed by atoms with Gasteiger partial charge in [-0.05, 0) is 18.6 Å². The number of nitrogens with zero attached hydrogens (tertiary/aromatic N) is 2. The van der Waals surface area contributed by atoms with Crippen molar-refractivity contribution in [2.45, 2.75) is 6.42 Å². The third kappa shape index (κ3) is 5.12. The van der Waals surface area contributed by atoms with Crippen LogP contribution in [0.5, 0.6) is 11.5 Å². The van der Waals surface area contributed by atoms with Gasteiger partial charge in [0.25, 0.3) is 0 Å². The molecule has 2 aromatic carbocycles. The monoisotopic (exact) mass is 390 g/mol. The molecule has 0 unspecified atom stereocenters. The summed E-state index contributed by atoms with van der Waals surface area (Å²) in [5.41, 5.74) is 1.59. The van der Waals surface area contributed by atoms with Crippen LogP contribution < -0.4 is 20.1 Å². The molecule has 0 saturated heterocycles. The van der Waals surface area contributed by atoms with Gasteiger partial charge in [0.2, 0.25) is 5.95 Å². The number of aliphatic hydroxyl groups excluding tert-OH is 1. The summed E-state index contributed by atoms with van der Waals surface area (Å²) in [4.78, 5) is 9.16. The molecule has 1 aromatic heterocycles. The molecule has 0 spiro atoms. The van der Waals surface area contributed by atoms with Crippen LogP contribution in [0.4, 0.5) is 17.5 Å². The van der Waals surface area contributed by atoms with Crippen LogP contribution in [0.15, 0.2) is 42.5 Å². The molecular formula is C19H23ClN4O3. The first-order valence-corrected chi connectivity index (χ1v) is 8.35. The predicted molar refractivity (Wildman–Crippen MR) is 110 cm³/mol.